The summed E-state index contributed by atoms with van der Waals surface area (Å²) in [4.78, 5) is 24.3. The number of benzene rings is 2. The fraction of sp³-hybridized carbons (Fsp3) is 0.238. The van der Waals surface area contributed by atoms with Crippen LogP contribution in [0.5, 0.6) is 0 Å². The first-order valence-corrected chi connectivity index (χ1v) is 11.0. The van der Waals surface area contributed by atoms with Gasteiger partial charge in [0, 0.05) is 11.6 Å². The number of ether oxygens (including phenoxy) is 1. The van der Waals surface area contributed by atoms with Crippen LogP contribution in [0.2, 0.25) is 0 Å². The summed E-state index contributed by atoms with van der Waals surface area (Å²) in [5.41, 5.74) is 1.39. The zero-order valence-corrected chi connectivity index (χ0v) is 16.9. The first-order valence-electron chi connectivity index (χ1n) is 8.93. The smallest absolute Gasteiger partial charge is 0.338 e. The lowest BCUT2D eigenvalue weighted by molar-refractivity contribution is -0.125. The van der Waals surface area contributed by atoms with Crippen molar-refractivity contribution in [2.24, 2.45) is 0 Å². The van der Waals surface area contributed by atoms with Gasteiger partial charge in [0.15, 0.2) is 16.4 Å². The highest BCUT2D eigenvalue weighted by Crippen LogP contribution is 2.23. The summed E-state index contributed by atoms with van der Waals surface area (Å²) in [7, 11) is -3.22. The number of sulfone groups is 1. The Kier molecular flexibility index (Phi) is 6.03. The molecule has 1 amide bonds. The standard InChI is InChI=1S/C21H21NO6S/c1-14(19-11-16-7-3-4-9-18(16)28-19)22-20(23)12-27-21(24)17-8-5-6-15(10-17)13-29(2,25)26/h3-11,14H,12-13H2,1-2H3,(H,22,23)/t14-/m1/s1. The third-order valence-electron chi connectivity index (χ3n) is 4.17. The van der Waals surface area contributed by atoms with Crippen LogP contribution < -0.4 is 5.32 Å². The summed E-state index contributed by atoms with van der Waals surface area (Å²) in [6, 6.07) is 15.1. The lowest BCUT2D eigenvalue weighted by Gasteiger charge is -2.12. The van der Waals surface area contributed by atoms with Crippen molar-refractivity contribution in [3.63, 3.8) is 0 Å². The Bertz CT molecular complexity index is 1120. The number of fused-ring (bicyclic) bond motifs is 1. The van der Waals surface area contributed by atoms with Crippen LogP contribution in [-0.4, -0.2) is 33.2 Å². The molecule has 152 valence electrons. The van der Waals surface area contributed by atoms with Crippen molar-refractivity contribution >= 4 is 32.7 Å². The van der Waals surface area contributed by atoms with Crippen LogP contribution in [0.3, 0.4) is 0 Å². The minimum Gasteiger partial charge on any atom is -0.459 e. The molecule has 1 N–H and O–H groups in total. The number of hydrogen-bond donors (Lipinski definition) is 1. The van der Waals surface area contributed by atoms with Crippen molar-refractivity contribution in [2.45, 2.75) is 18.7 Å². The van der Waals surface area contributed by atoms with Gasteiger partial charge in [0.1, 0.15) is 11.3 Å². The Morgan fingerprint density at radius 2 is 1.86 bits per heavy atom. The van der Waals surface area contributed by atoms with Gasteiger partial charge in [0.25, 0.3) is 5.91 Å². The quantitative estimate of drug-likeness (QED) is 0.595. The number of nitrogens with one attached hydrogen (secondary N) is 1. The van der Waals surface area contributed by atoms with Gasteiger partial charge in [0.2, 0.25) is 0 Å². The molecule has 0 aliphatic heterocycles. The number of amides is 1. The van der Waals surface area contributed by atoms with Gasteiger partial charge in [-0.3, -0.25) is 4.79 Å². The molecule has 7 nitrogen and oxygen atoms in total. The summed E-state index contributed by atoms with van der Waals surface area (Å²) < 4.78 is 33.5. The predicted molar refractivity (Wildman–Crippen MR) is 108 cm³/mol. The van der Waals surface area contributed by atoms with E-state index >= 15 is 0 Å². The Hall–Kier alpha value is -3.13. The lowest BCUT2D eigenvalue weighted by atomic mass is 10.1. The Labute approximate surface area is 168 Å². The van der Waals surface area contributed by atoms with E-state index in [1.807, 2.05) is 30.3 Å². The normalized spacial score (nSPS) is 12.5. The second-order valence-corrected chi connectivity index (χ2v) is 8.96. The molecule has 1 heterocycles. The first-order chi connectivity index (χ1) is 13.7. The molecule has 1 aromatic heterocycles. The molecule has 0 fully saturated rings. The second-order valence-electron chi connectivity index (χ2n) is 6.82. The molecule has 0 saturated heterocycles. The largest absolute Gasteiger partial charge is 0.459 e. The van der Waals surface area contributed by atoms with Crippen LogP contribution in [0.15, 0.2) is 59.0 Å². The maximum Gasteiger partial charge on any atom is 0.338 e. The number of esters is 1. The molecule has 0 radical (unpaired) electrons. The van der Waals surface area contributed by atoms with E-state index in [9.17, 15) is 18.0 Å². The lowest BCUT2D eigenvalue weighted by Crippen LogP contribution is -2.31. The molecule has 8 heteroatoms. The second kappa shape index (κ2) is 8.48. The number of carbonyl (C=O) groups is 2. The van der Waals surface area contributed by atoms with E-state index in [0.717, 1.165) is 17.2 Å². The minimum absolute atomic E-state index is 0.177. The zero-order chi connectivity index (χ0) is 21.0. The molecule has 0 saturated carbocycles. The van der Waals surface area contributed by atoms with Crippen LogP contribution in [-0.2, 0) is 25.1 Å². The molecule has 0 bridgehead atoms. The third-order valence-corrected chi connectivity index (χ3v) is 5.03. The van der Waals surface area contributed by atoms with Crippen LogP contribution in [0.1, 0.15) is 34.6 Å². The number of carbonyl (C=O) groups excluding carboxylic acids is 2. The van der Waals surface area contributed by atoms with Gasteiger partial charge in [0.05, 0.1) is 17.4 Å². The fourth-order valence-electron chi connectivity index (χ4n) is 2.88. The van der Waals surface area contributed by atoms with Gasteiger partial charge in [-0.15, -0.1) is 0 Å². The molecular formula is C21H21NO6S. The van der Waals surface area contributed by atoms with Crippen molar-refractivity contribution in [2.75, 3.05) is 12.9 Å². The van der Waals surface area contributed by atoms with Crippen molar-refractivity contribution < 1.29 is 27.2 Å². The van der Waals surface area contributed by atoms with Crippen molar-refractivity contribution in [1.29, 1.82) is 0 Å². The van der Waals surface area contributed by atoms with Crippen LogP contribution in [0, 0.1) is 0 Å². The number of para-hydroxylation sites is 1. The molecule has 2 aromatic carbocycles. The highest BCUT2D eigenvalue weighted by atomic mass is 32.2. The maximum atomic E-state index is 12.2. The van der Waals surface area contributed by atoms with E-state index in [-0.39, 0.29) is 11.3 Å². The van der Waals surface area contributed by atoms with Gasteiger partial charge < -0.3 is 14.5 Å². The minimum atomic E-state index is -3.22. The van der Waals surface area contributed by atoms with Crippen LogP contribution >= 0.6 is 0 Å². The summed E-state index contributed by atoms with van der Waals surface area (Å²) in [5, 5.41) is 3.65. The van der Waals surface area contributed by atoms with Gasteiger partial charge in [-0.1, -0.05) is 30.3 Å². The SMILES string of the molecule is C[C@@H](NC(=O)COC(=O)c1cccc(CS(C)(=O)=O)c1)c1cc2ccccc2o1. The average Bonchev–Trinajstić information content (AvgIpc) is 3.09. The van der Waals surface area contributed by atoms with Gasteiger partial charge in [-0.2, -0.15) is 0 Å². The molecule has 3 rings (SSSR count). The van der Waals surface area contributed by atoms with Crippen LogP contribution in [0.25, 0.3) is 11.0 Å². The summed E-state index contributed by atoms with van der Waals surface area (Å²) in [5.74, 6) is -0.756. The molecule has 29 heavy (non-hydrogen) atoms. The number of rotatable bonds is 7. The molecule has 0 aliphatic rings. The molecule has 0 spiro atoms. The Morgan fingerprint density at radius 1 is 1.10 bits per heavy atom. The molecule has 0 unspecified atom stereocenters. The van der Waals surface area contributed by atoms with Crippen LogP contribution in [0.4, 0.5) is 0 Å². The molecular weight excluding hydrogens is 394 g/mol. The van der Waals surface area contributed by atoms with Crippen molar-refractivity contribution in [1.82, 2.24) is 5.32 Å². The summed E-state index contributed by atoms with van der Waals surface area (Å²) >= 11 is 0. The van der Waals surface area contributed by atoms with Crippen molar-refractivity contribution in [3.05, 3.63) is 71.5 Å². The van der Waals surface area contributed by atoms with E-state index in [1.165, 1.54) is 12.1 Å². The average molecular weight is 415 g/mol. The van der Waals surface area contributed by atoms with E-state index in [4.69, 9.17) is 9.15 Å². The molecule has 3 aromatic rings. The third kappa shape index (κ3) is 5.68. The highest BCUT2D eigenvalue weighted by molar-refractivity contribution is 7.89. The first kappa shape index (κ1) is 20.6. The Balaban J connectivity index is 1.56. The van der Waals surface area contributed by atoms with E-state index < -0.39 is 34.4 Å². The van der Waals surface area contributed by atoms with Crippen molar-refractivity contribution in [3.8, 4) is 0 Å². The van der Waals surface area contributed by atoms with Gasteiger partial charge in [-0.05, 0) is 36.8 Å². The number of hydrogen-bond acceptors (Lipinski definition) is 6. The predicted octanol–water partition coefficient (Wildman–Crippen LogP) is 3.01. The monoisotopic (exact) mass is 415 g/mol. The summed E-state index contributed by atoms with van der Waals surface area (Å²) in [6.07, 6.45) is 1.12. The van der Waals surface area contributed by atoms with E-state index in [1.54, 1.807) is 19.1 Å². The van der Waals surface area contributed by atoms with Gasteiger partial charge in [-0.25, -0.2) is 13.2 Å². The van der Waals surface area contributed by atoms with E-state index in [0.29, 0.717) is 11.3 Å². The highest BCUT2D eigenvalue weighted by Gasteiger charge is 2.16. The zero-order valence-electron chi connectivity index (χ0n) is 16.0. The Morgan fingerprint density at radius 3 is 2.59 bits per heavy atom. The molecule has 0 aliphatic carbocycles. The number of furan rings is 1. The molecule has 1 atom stereocenters. The topological polar surface area (TPSA) is 103 Å². The summed E-state index contributed by atoms with van der Waals surface area (Å²) in [6.45, 7) is 1.31. The van der Waals surface area contributed by atoms with Gasteiger partial charge >= 0.3 is 5.97 Å². The van der Waals surface area contributed by atoms with E-state index in [2.05, 4.69) is 5.32 Å². The maximum absolute atomic E-state index is 12.2. The fourth-order valence-corrected chi connectivity index (χ4v) is 3.66.